The van der Waals surface area contributed by atoms with Crippen LogP contribution >= 0.6 is 0 Å². The molecule has 0 aromatic heterocycles. The predicted molar refractivity (Wildman–Crippen MR) is 95.9 cm³/mol. The van der Waals surface area contributed by atoms with Crippen LogP contribution in [-0.4, -0.2) is 48.3 Å². The number of halogens is 1. The minimum atomic E-state index is -0.673. The van der Waals surface area contributed by atoms with E-state index in [1.165, 1.54) is 31.2 Å². The first-order valence-electron chi connectivity index (χ1n) is 9.02. The van der Waals surface area contributed by atoms with Crippen LogP contribution < -0.4 is 10.6 Å². The summed E-state index contributed by atoms with van der Waals surface area (Å²) in [5, 5.41) is 5.63. The maximum absolute atomic E-state index is 13.0. The summed E-state index contributed by atoms with van der Waals surface area (Å²) in [6.45, 7) is 5.17. The Balaban J connectivity index is 2.08. The highest BCUT2D eigenvalue weighted by molar-refractivity contribution is 5.97. The number of likely N-dealkylation sites (tertiary alicyclic amines) is 1. The number of hydrogen-bond acceptors (Lipinski definition) is 3. The van der Waals surface area contributed by atoms with Gasteiger partial charge < -0.3 is 15.5 Å². The molecule has 2 N–H and O–H groups in total. The molecular formula is C19H26FN3O3. The van der Waals surface area contributed by atoms with Crippen molar-refractivity contribution in [2.45, 2.75) is 39.2 Å². The van der Waals surface area contributed by atoms with Crippen LogP contribution in [-0.2, 0) is 9.59 Å². The van der Waals surface area contributed by atoms with Gasteiger partial charge in [0.05, 0.1) is 0 Å². The SMILES string of the molecule is CCCNC(=O)[C@H](NC(=O)c1ccc(F)cc1)C1CCN(C(C)=O)CC1. The maximum atomic E-state index is 13.0. The van der Waals surface area contributed by atoms with Gasteiger partial charge in [0.15, 0.2) is 0 Å². The highest BCUT2D eigenvalue weighted by atomic mass is 19.1. The van der Waals surface area contributed by atoms with E-state index in [-0.39, 0.29) is 17.7 Å². The monoisotopic (exact) mass is 363 g/mol. The summed E-state index contributed by atoms with van der Waals surface area (Å²) in [6.07, 6.45) is 2.09. The van der Waals surface area contributed by atoms with Gasteiger partial charge in [0.1, 0.15) is 11.9 Å². The fraction of sp³-hybridized carbons (Fsp3) is 0.526. The lowest BCUT2D eigenvalue weighted by molar-refractivity contribution is -0.130. The van der Waals surface area contributed by atoms with E-state index in [0.717, 1.165) is 6.42 Å². The summed E-state index contributed by atoms with van der Waals surface area (Å²) < 4.78 is 13.0. The van der Waals surface area contributed by atoms with Crippen LogP contribution in [0.5, 0.6) is 0 Å². The molecule has 1 heterocycles. The minimum absolute atomic E-state index is 0.0192. The molecular weight excluding hydrogens is 337 g/mol. The summed E-state index contributed by atoms with van der Waals surface area (Å²) in [6, 6.07) is 4.54. The van der Waals surface area contributed by atoms with E-state index in [9.17, 15) is 18.8 Å². The molecule has 1 aromatic rings. The van der Waals surface area contributed by atoms with Gasteiger partial charge in [-0.05, 0) is 49.4 Å². The Bertz CT molecular complexity index is 640. The molecule has 1 aliphatic rings. The molecule has 1 fully saturated rings. The molecule has 0 saturated carbocycles. The summed E-state index contributed by atoms with van der Waals surface area (Å²) in [5.41, 5.74) is 0.306. The lowest BCUT2D eigenvalue weighted by atomic mass is 9.88. The summed E-state index contributed by atoms with van der Waals surface area (Å²) in [7, 11) is 0. The molecule has 1 aromatic carbocycles. The smallest absolute Gasteiger partial charge is 0.251 e. The molecule has 2 rings (SSSR count). The van der Waals surface area contributed by atoms with Crippen LogP contribution in [0.3, 0.4) is 0 Å². The van der Waals surface area contributed by atoms with Crippen LogP contribution in [0, 0.1) is 11.7 Å². The molecule has 142 valence electrons. The van der Waals surface area contributed by atoms with Gasteiger partial charge in [-0.15, -0.1) is 0 Å². The highest BCUT2D eigenvalue weighted by Crippen LogP contribution is 2.21. The van der Waals surface area contributed by atoms with Gasteiger partial charge in [-0.3, -0.25) is 14.4 Å². The van der Waals surface area contributed by atoms with Crippen molar-refractivity contribution in [1.29, 1.82) is 0 Å². The fourth-order valence-electron chi connectivity index (χ4n) is 3.13. The van der Waals surface area contributed by atoms with Crippen LogP contribution in [0.4, 0.5) is 4.39 Å². The first-order chi connectivity index (χ1) is 12.4. The number of benzene rings is 1. The summed E-state index contributed by atoms with van der Waals surface area (Å²) >= 11 is 0. The number of carbonyl (C=O) groups is 3. The van der Waals surface area contributed by atoms with Crippen molar-refractivity contribution in [3.8, 4) is 0 Å². The number of nitrogens with zero attached hydrogens (tertiary/aromatic N) is 1. The molecule has 1 aliphatic heterocycles. The van der Waals surface area contributed by atoms with Crippen molar-refractivity contribution in [2.75, 3.05) is 19.6 Å². The minimum Gasteiger partial charge on any atom is -0.354 e. The second-order valence-electron chi connectivity index (χ2n) is 6.59. The van der Waals surface area contributed by atoms with Crippen molar-refractivity contribution in [3.63, 3.8) is 0 Å². The summed E-state index contributed by atoms with van der Waals surface area (Å²) in [5.74, 6) is -1.08. The van der Waals surface area contributed by atoms with Gasteiger partial charge >= 0.3 is 0 Å². The fourth-order valence-corrected chi connectivity index (χ4v) is 3.13. The molecule has 1 saturated heterocycles. The van der Waals surface area contributed by atoms with Gasteiger partial charge in [0.25, 0.3) is 5.91 Å². The summed E-state index contributed by atoms with van der Waals surface area (Å²) in [4.78, 5) is 38.3. The molecule has 3 amide bonds. The van der Waals surface area contributed by atoms with Crippen LogP contribution in [0.15, 0.2) is 24.3 Å². The van der Waals surface area contributed by atoms with Crippen molar-refractivity contribution in [2.24, 2.45) is 5.92 Å². The molecule has 0 spiro atoms. The average molecular weight is 363 g/mol. The van der Waals surface area contributed by atoms with Crippen molar-refractivity contribution in [3.05, 3.63) is 35.6 Å². The molecule has 7 heteroatoms. The number of amides is 3. The van der Waals surface area contributed by atoms with E-state index in [0.29, 0.717) is 38.0 Å². The number of piperidine rings is 1. The molecule has 0 bridgehead atoms. The Morgan fingerprint density at radius 2 is 1.81 bits per heavy atom. The standard InChI is InChI=1S/C19H26FN3O3/c1-3-10-21-19(26)17(14-8-11-23(12-9-14)13(2)24)22-18(25)15-4-6-16(20)7-5-15/h4-7,14,17H,3,8-12H2,1-2H3,(H,21,26)(H,22,25)/t17-/m1/s1. The zero-order chi connectivity index (χ0) is 19.1. The van der Waals surface area contributed by atoms with Gasteiger partial charge in [-0.25, -0.2) is 4.39 Å². The number of carbonyl (C=O) groups excluding carboxylic acids is 3. The lowest BCUT2D eigenvalue weighted by Crippen LogP contribution is -2.53. The molecule has 0 unspecified atom stereocenters. The number of nitrogens with one attached hydrogen (secondary N) is 2. The largest absolute Gasteiger partial charge is 0.354 e. The van der Waals surface area contributed by atoms with Gasteiger partial charge in [0, 0.05) is 32.1 Å². The molecule has 1 atom stereocenters. The number of hydrogen-bond donors (Lipinski definition) is 2. The maximum Gasteiger partial charge on any atom is 0.251 e. The zero-order valence-electron chi connectivity index (χ0n) is 15.3. The first-order valence-corrected chi connectivity index (χ1v) is 9.02. The quantitative estimate of drug-likeness (QED) is 0.808. The Morgan fingerprint density at radius 1 is 1.19 bits per heavy atom. The molecule has 0 radical (unpaired) electrons. The second kappa shape index (κ2) is 9.31. The van der Waals surface area contributed by atoms with Crippen LogP contribution in [0.1, 0.15) is 43.5 Å². The second-order valence-corrected chi connectivity index (χ2v) is 6.59. The van der Waals surface area contributed by atoms with Crippen molar-refractivity contribution < 1.29 is 18.8 Å². The van der Waals surface area contributed by atoms with E-state index in [2.05, 4.69) is 10.6 Å². The Hall–Kier alpha value is -2.44. The van der Waals surface area contributed by atoms with Gasteiger partial charge in [-0.1, -0.05) is 6.92 Å². The van der Waals surface area contributed by atoms with Gasteiger partial charge in [0.2, 0.25) is 11.8 Å². The van der Waals surface area contributed by atoms with Crippen LogP contribution in [0.2, 0.25) is 0 Å². The van der Waals surface area contributed by atoms with E-state index in [1.807, 2.05) is 6.92 Å². The Morgan fingerprint density at radius 3 is 2.35 bits per heavy atom. The Kier molecular flexibility index (Phi) is 7.12. The highest BCUT2D eigenvalue weighted by Gasteiger charge is 2.33. The Labute approximate surface area is 153 Å². The van der Waals surface area contributed by atoms with E-state index in [1.54, 1.807) is 4.90 Å². The first kappa shape index (κ1) is 19.9. The van der Waals surface area contributed by atoms with E-state index in [4.69, 9.17) is 0 Å². The molecule has 0 aliphatic carbocycles. The third kappa shape index (κ3) is 5.28. The molecule has 26 heavy (non-hydrogen) atoms. The third-order valence-corrected chi connectivity index (χ3v) is 4.68. The predicted octanol–water partition coefficient (Wildman–Crippen LogP) is 1.71. The van der Waals surface area contributed by atoms with Crippen molar-refractivity contribution in [1.82, 2.24) is 15.5 Å². The average Bonchev–Trinajstić information content (AvgIpc) is 2.64. The topological polar surface area (TPSA) is 78.5 Å². The van der Waals surface area contributed by atoms with Gasteiger partial charge in [-0.2, -0.15) is 0 Å². The van der Waals surface area contributed by atoms with Crippen LogP contribution in [0.25, 0.3) is 0 Å². The normalized spacial score (nSPS) is 16.0. The van der Waals surface area contributed by atoms with Crippen molar-refractivity contribution >= 4 is 17.7 Å². The third-order valence-electron chi connectivity index (χ3n) is 4.68. The zero-order valence-corrected chi connectivity index (χ0v) is 15.3. The number of rotatable bonds is 6. The molecule has 6 nitrogen and oxygen atoms in total. The van der Waals surface area contributed by atoms with E-state index < -0.39 is 17.8 Å². The lowest BCUT2D eigenvalue weighted by Gasteiger charge is -2.35. The van der Waals surface area contributed by atoms with E-state index >= 15 is 0 Å².